The average Bonchev–Trinajstić information content (AvgIpc) is 2.07. The first-order chi connectivity index (χ1) is 6.82. The summed E-state index contributed by atoms with van der Waals surface area (Å²) in [7, 11) is 0. The summed E-state index contributed by atoms with van der Waals surface area (Å²) in [6, 6.07) is 4.32. The number of nitrogen functional groups attached to an aromatic ring is 1. The van der Waals surface area contributed by atoms with Crippen molar-refractivity contribution in [2.45, 2.75) is 25.6 Å². The number of fused-ring (bicyclic) bond motifs is 1. The molecule has 82 valence electrons. The maximum Gasteiger partial charge on any atom is 0.438 e. The fraction of sp³-hybridized carbons (Fsp3) is 0.400. The number of anilines is 1. The van der Waals surface area contributed by atoms with Crippen LogP contribution < -0.4 is 15.2 Å². The van der Waals surface area contributed by atoms with Gasteiger partial charge in [-0.3, -0.25) is 0 Å². The molecule has 0 bridgehead atoms. The molecule has 1 aliphatic rings. The molecular formula is C10H11F2NO2. The molecule has 1 aromatic rings. The largest absolute Gasteiger partial charge is 0.473 e. The van der Waals surface area contributed by atoms with Gasteiger partial charge < -0.3 is 15.2 Å². The average molecular weight is 215 g/mol. The van der Waals surface area contributed by atoms with Crippen LogP contribution in [0.1, 0.15) is 13.8 Å². The van der Waals surface area contributed by atoms with Gasteiger partial charge in [0.1, 0.15) is 0 Å². The standard InChI is InChI=1S/C10H11F2NO2/c1-9(2)10(11,12)15-7-4-3-6(13)5-8(7)14-9/h3-5H,13H2,1-2H3. The molecule has 0 aromatic heterocycles. The Morgan fingerprint density at radius 2 is 1.80 bits per heavy atom. The van der Waals surface area contributed by atoms with Crippen LogP contribution in [-0.4, -0.2) is 11.7 Å². The number of benzene rings is 1. The molecule has 1 heterocycles. The molecule has 3 nitrogen and oxygen atoms in total. The smallest absolute Gasteiger partial charge is 0.438 e. The third-order valence-electron chi connectivity index (χ3n) is 2.27. The first-order valence-corrected chi connectivity index (χ1v) is 4.47. The zero-order chi connectivity index (χ0) is 11.3. The van der Waals surface area contributed by atoms with Crippen LogP contribution in [0.2, 0.25) is 0 Å². The zero-order valence-corrected chi connectivity index (χ0v) is 8.38. The molecule has 0 unspecified atom stereocenters. The van der Waals surface area contributed by atoms with Gasteiger partial charge in [0.25, 0.3) is 0 Å². The van der Waals surface area contributed by atoms with E-state index in [1.54, 1.807) is 0 Å². The van der Waals surface area contributed by atoms with Gasteiger partial charge in [0.15, 0.2) is 11.5 Å². The highest BCUT2D eigenvalue weighted by Gasteiger charge is 2.55. The lowest BCUT2D eigenvalue weighted by Crippen LogP contribution is -2.54. The number of hydrogen-bond donors (Lipinski definition) is 1. The van der Waals surface area contributed by atoms with Crippen molar-refractivity contribution in [3.05, 3.63) is 18.2 Å². The topological polar surface area (TPSA) is 44.5 Å². The van der Waals surface area contributed by atoms with Gasteiger partial charge in [0.2, 0.25) is 5.60 Å². The number of alkyl halides is 2. The van der Waals surface area contributed by atoms with Gasteiger partial charge in [-0.2, -0.15) is 8.78 Å². The highest BCUT2D eigenvalue weighted by atomic mass is 19.3. The van der Waals surface area contributed by atoms with Crippen LogP contribution in [0, 0.1) is 0 Å². The summed E-state index contributed by atoms with van der Waals surface area (Å²) in [6.07, 6.45) is -3.35. The van der Waals surface area contributed by atoms with Gasteiger partial charge in [-0.25, -0.2) is 0 Å². The normalized spacial score (nSPS) is 21.1. The number of hydrogen-bond acceptors (Lipinski definition) is 3. The van der Waals surface area contributed by atoms with Crippen molar-refractivity contribution < 1.29 is 18.3 Å². The Morgan fingerprint density at radius 3 is 2.47 bits per heavy atom. The van der Waals surface area contributed by atoms with Crippen molar-refractivity contribution in [3.63, 3.8) is 0 Å². The zero-order valence-electron chi connectivity index (χ0n) is 8.38. The van der Waals surface area contributed by atoms with E-state index in [9.17, 15) is 8.78 Å². The summed E-state index contributed by atoms with van der Waals surface area (Å²) >= 11 is 0. The van der Waals surface area contributed by atoms with Crippen LogP contribution >= 0.6 is 0 Å². The van der Waals surface area contributed by atoms with Crippen molar-refractivity contribution >= 4 is 5.69 Å². The summed E-state index contributed by atoms with van der Waals surface area (Å²) in [4.78, 5) is 0. The summed E-state index contributed by atoms with van der Waals surface area (Å²) in [5, 5.41) is 0. The Bertz CT molecular complexity index is 404. The molecule has 0 saturated heterocycles. The second-order valence-electron chi connectivity index (χ2n) is 3.94. The van der Waals surface area contributed by atoms with Crippen molar-refractivity contribution in [1.82, 2.24) is 0 Å². The summed E-state index contributed by atoms with van der Waals surface area (Å²) < 4.78 is 36.5. The summed E-state index contributed by atoms with van der Waals surface area (Å²) in [5.41, 5.74) is 4.26. The van der Waals surface area contributed by atoms with E-state index in [0.717, 1.165) is 0 Å². The Hall–Kier alpha value is -1.52. The molecule has 2 rings (SSSR count). The highest BCUT2D eigenvalue weighted by molar-refractivity contribution is 5.53. The highest BCUT2D eigenvalue weighted by Crippen LogP contribution is 2.45. The SMILES string of the molecule is CC1(C)Oc2cc(N)ccc2OC1(F)F. The van der Waals surface area contributed by atoms with Gasteiger partial charge in [-0.1, -0.05) is 0 Å². The third-order valence-corrected chi connectivity index (χ3v) is 2.27. The molecule has 5 heteroatoms. The molecule has 2 N–H and O–H groups in total. The van der Waals surface area contributed by atoms with E-state index in [1.165, 1.54) is 32.0 Å². The van der Waals surface area contributed by atoms with Crippen LogP contribution in [0.5, 0.6) is 11.5 Å². The number of nitrogens with two attached hydrogens (primary N) is 1. The van der Waals surface area contributed by atoms with Crippen molar-refractivity contribution in [2.24, 2.45) is 0 Å². The molecule has 0 fully saturated rings. The summed E-state index contributed by atoms with van der Waals surface area (Å²) in [5.74, 6) is 0.249. The molecule has 0 radical (unpaired) electrons. The number of rotatable bonds is 0. The van der Waals surface area contributed by atoms with E-state index in [-0.39, 0.29) is 11.5 Å². The third kappa shape index (κ3) is 1.48. The first kappa shape index (κ1) is 10.0. The molecule has 0 saturated carbocycles. The predicted molar refractivity (Wildman–Crippen MR) is 51.1 cm³/mol. The second kappa shape index (κ2) is 2.74. The Morgan fingerprint density at radius 1 is 1.13 bits per heavy atom. The monoisotopic (exact) mass is 215 g/mol. The van der Waals surface area contributed by atoms with Crippen molar-refractivity contribution in [2.75, 3.05) is 5.73 Å². The van der Waals surface area contributed by atoms with E-state index in [4.69, 9.17) is 10.5 Å². The predicted octanol–water partition coefficient (Wildman–Crippen LogP) is 2.41. The van der Waals surface area contributed by atoms with Crippen LogP contribution in [0.25, 0.3) is 0 Å². The molecule has 0 atom stereocenters. The molecule has 0 amide bonds. The minimum Gasteiger partial charge on any atom is -0.473 e. The first-order valence-electron chi connectivity index (χ1n) is 4.47. The Balaban J connectivity index is 2.47. The maximum absolute atomic E-state index is 13.4. The lowest BCUT2D eigenvalue weighted by Gasteiger charge is -2.38. The lowest BCUT2D eigenvalue weighted by molar-refractivity contribution is -0.281. The van der Waals surface area contributed by atoms with E-state index >= 15 is 0 Å². The Labute approximate surface area is 85.8 Å². The minimum absolute atomic E-state index is 0.00789. The quantitative estimate of drug-likeness (QED) is 0.676. The van der Waals surface area contributed by atoms with Gasteiger partial charge >= 0.3 is 6.11 Å². The lowest BCUT2D eigenvalue weighted by atomic mass is 10.1. The molecule has 0 aliphatic carbocycles. The van der Waals surface area contributed by atoms with E-state index in [0.29, 0.717) is 5.69 Å². The molecule has 1 aromatic carbocycles. The van der Waals surface area contributed by atoms with E-state index in [2.05, 4.69) is 4.74 Å². The van der Waals surface area contributed by atoms with E-state index in [1.807, 2.05) is 0 Å². The molecule has 15 heavy (non-hydrogen) atoms. The maximum atomic E-state index is 13.4. The summed E-state index contributed by atoms with van der Waals surface area (Å²) in [6.45, 7) is 2.53. The number of ether oxygens (including phenoxy) is 2. The van der Waals surface area contributed by atoms with Crippen molar-refractivity contribution in [1.29, 1.82) is 0 Å². The fourth-order valence-corrected chi connectivity index (χ4v) is 1.28. The van der Waals surface area contributed by atoms with Crippen LogP contribution in [0.15, 0.2) is 18.2 Å². The minimum atomic E-state index is -3.35. The van der Waals surface area contributed by atoms with Crippen LogP contribution in [0.3, 0.4) is 0 Å². The van der Waals surface area contributed by atoms with Gasteiger partial charge in [0.05, 0.1) is 0 Å². The van der Waals surface area contributed by atoms with Crippen LogP contribution in [0.4, 0.5) is 14.5 Å². The molecule has 1 aliphatic heterocycles. The van der Waals surface area contributed by atoms with Gasteiger partial charge in [-0.05, 0) is 26.0 Å². The molecular weight excluding hydrogens is 204 g/mol. The van der Waals surface area contributed by atoms with Crippen molar-refractivity contribution in [3.8, 4) is 11.5 Å². The Kier molecular flexibility index (Phi) is 1.83. The molecule has 0 spiro atoms. The second-order valence-corrected chi connectivity index (χ2v) is 3.94. The van der Waals surface area contributed by atoms with Crippen LogP contribution in [-0.2, 0) is 0 Å². The van der Waals surface area contributed by atoms with Gasteiger partial charge in [0, 0.05) is 11.8 Å². The van der Waals surface area contributed by atoms with Gasteiger partial charge in [-0.15, -0.1) is 0 Å². The number of halogens is 2. The van der Waals surface area contributed by atoms with E-state index < -0.39 is 11.7 Å². The fourth-order valence-electron chi connectivity index (χ4n) is 1.28.